The van der Waals surface area contributed by atoms with Crippen LogP contribution in [0.25, 0.3) is 33.7 Å². The van der Waals surface area contributed by atoms with Crippen molar-refractivity contribution in [3.8, 4) is 11.1 Å². The molecular formula is C58H54N2. The lowest BCUT2D eigenvalue weighted by atomic mass is 9.83. The minimum Gasteiger partial charge on any atom is -0.314 e. The molecule has 0 fully saturated rings. The summed E-state index contributed by atoms with van der Waals surface area (Å²) in [6, 6.07) is 58.5. The molecule has 2 aliphatic carbocycles. The molecular weight excluding hydrogens is 725 g/mol. The second-order valence-electron chi connectivity index (χ2n) is 16.7. The Hall–Kier alpha value is -6.64. The number of hydrogen-bond donors (Lipinski definition) is 0. The summed E-state index contributed by atoms with van der Waals surface area (Å²) in [4.78, 5) is 5.02. The maximum absolute atomic E-state index is 2.54. The molecule has 0 unspecified atom stereocenters. The van der Waals surface area contributed by atoms with E-state index in [9.17, 15) is 0 Å². The molecule has 296 valence electrons. The van der Waals surface area contributed by atoms with Gasteiger partial charge in [-0.15, -0.1) is 0 Å². The van der Waals surface area contributed by atoms with Crippen LogP contribution in [0.15, 0.2) is 194 Å². The first kappa shape index (κ1) is 38.9. The Bertz CT molecular complexity index is 2720. The molecule has 2 nitrogen and oxygen atoms in total. The molecule has 7 aromatic carbocycles. The van der Waals surface area contributed by atoms with Gasteiger partial charge in [0.2, 0.25) is 0 Å². The minimum atomic E-state index is 0.452. The number of benzene rings is 7. The first-order chi connectivity index (χ1) is 29.4. The molecule has 2 aliphatic rings. The fourth-order valence-electron chi connectivity index (χ4n) is 8.96. The van der Waals surface area contributed by atoms with Crippen LogP contribution in [0.5, 0.6) is 0 Å². The van der Waals surface area contributed by atoms with Crippen LogP contribution in [0, 0.1) is 0 Å². The summed E-state index contributed by atoms with van der Waals surface area (Å²) in [5.74, 6) is 0.918. The van der Waals surface area contributed by atoms with Crippen LogP contribution < -0.4 is 9.80 Å². The molecule has 0 atom stereocenters. The Labute approximate surface area is 357 Å². The van der Waals surface area contributed by atoms with Crippen molar-refractivity contribution in [1.29, 1.82) is 0 Å². The number of nitrogens with zero attached hydrogens (tertiary/aromatic N) is 2. The Morgan fingerprint density at radius 2 is 1.25 bits per heavy atom. The van der Waals surface area contributed by atoms with Crippen LogP contribution in [-0.2, 0) is 12.8 Å². The van der Waals surface area contributed by atoms with Crippen LogP contribution >= 0.6 is 0 Å². The normalized spacial score (nSPS) is 13.6. The third-order valence-corrected chi connectivity index (χ3v) is 12.2. The summed E-state index contributed by atoms with van der Waals surface area (Å²) in [5, 5.41) is 2.61. The first-order valence-corrected chi connectivity index (χ1v) is 21.7. The molecule has 0 saturated heterocycles. The average Bonchev–Trinajstić information content (AvgIpc) is 3.30. The summed E-state index contributed by atoms with van der Waals surface area (Å²) >= 11 is 0. The standard InChI is InChI=1S/C58H54N2/c1-41(2)44-29-33-49(34-30-44)59(47-22-13-7-14-23-47)56(39-28-43-18-9-5-10-19-43)51-37-38-53-55(46-20-11-6-12-21-46)40-57(54-27-17-26-52(51)58(53)54)60(48-24-15-8-16-25-48)50-35-31-45(32-36-50)42(3)4/h5-15,17-24,27,29-42H,16,25-26,28H2,1-4H3/b56-39+. The highest BCUT2D eigenvalue weighted by molar-refractivity contribution is 6.10. The van der Waals surface area contributed by atoms with E-state index < -0.39 is 0 Å². The highest BCUT2D eigenvalue weighted by Gasteiger charge is 2.27. The van der Waals surface area contributed by atoms with Gasteiger partial charge in [0.25, 0.3) is 0 Å². The Balaban J connectivity index is 1.33. The molecule has 0 radical (unpaired) electrons. The van der Waals surface area contributed by atoms with Crippen molar-refractivity contribution in [1.82, 2.24) is 0 Å². The topological polar surface area (TPSA) is 6.48 Å². The van der Waals surface area contributed by atoms with Crippen molar-refractivity contribution in [3.05, 3.63) is 227 Å². The van der Waals surface area contributed by atoms with E-state index in [4.69, 9.17) is 0 Å². The second-order valence-corrected chi connectivity index (χ2v) is 16.7. The van der Waals surface area contributed by atoms with Gasteiger partial charge in [0.05, 0.1) is 11.4 Å². The molecule has 7 aromatic rings. The van der Waals surface area contributed by atoms with Crippen LogP contribution in [0.1, 0.15) is 85.8 Å². The van der Waals surface area contributed by atoms with Gasteiger partial charge in [0.1, 0.15) is 0 Å². The third kappa shape index (κ3) is 7.78. The highest BCUT2D eigenvalue weighted by atomic mass is 15.2. The predicted molar refractivity (Wildman–Crippen MR) is 258 cm³/mol. The van der Waals surface area contributed by atoms with Crippen molar-refractivity contribution in [2.75, 3.05) is 9.80 Å². The first-order valence-electron chi connectivity index (χ1n) is 21.7. The van der Waals surface area contributed by atoms with Gasteiger partial charge >= 0.3 is 0 Å². The molecule has 0 heterocycles. The molecule has 0 amide bonds. The van der Waals surface area contributed by atoms with E-state index in [1.165, 1.54) is 78.0 Å². The predicted octanol–water partition coefficient (Wildman–Crippen LogP) is 16.1. The molecule has 0 aliphatic heterocycles. The summed E-state index contributed by atoms with van der Waals surface area (Å²) < 4.78 is 0. The SMILES string of the molecule is CC(C)c1ccc(N(C2=CC=CCC2)c2cc(-c3ccccc3)c3ccc(/C(=C\Cc4ccccc4)N(c4ccccc4)c4ccc(C(C)C)cc4)c4c3c2C=CC4)cc1. The van der Waals surface area contributed by atoms with Gasteiger partial charge in [-0.25, -0.2) is 0 Å². The molecule has 0 N–H and O–H groups in total. The highest BCUT2D eigenvalue weighted by Crippen LogP contribution is 2.48. The molecule has 0 saturated carbocycles. The lowest BCUT2D eigenvalue weighted by molar-refractivity contribution is 0.865. The summed E-state index contributed by atoms with van der Waals surface area (Å²) in [5.41, 5.74) is 17.5. The van der Waals surface area contributed by atoms with E-state index >= 15 is 0 Å². The Morgan fingerprint density at radius 1 is 0.633 bits per heavy atom. The number of allylic oxidation sites excluding steroid dienone is 6. The lowest BCUT2D eigenvalue weighted by Gasteiger charge is -2.34. The molecule has 0 aromatic heterocycles. The Morgan fingerprint density at radius 3 is 1.88 bits per heavy atom. The van der Waals surface area contributed by atoms with E-state index in [2.05, 4.69) is 232 Å². The molecule has 0 spiro atoms. The van der Waals surface area contributed by atoms with Gasteiger partial charge in [-0.3, -0.25) is 0 Å². The molecule has 2 heteroatoms. The summed E-state index contributed by atoms with van der Waals surface area (Å²) in [6.07, 6.45) is 17.7. The number of rotatable bonds is 12. The summed E-state index contributed by atoms with van der Waals surface area (Å²) in [7, 11) is 0. The van der Waals surface area contributed by atoms with Gasteiger partial charge in [0, 0.05) is 33.9 Å². The number of hydrogen-bond acceptors (Lipinski definition) is 2. The van der Waals surface area contributed by atoms with E-state index in [0.717, 1.165) is 37.1 Å². The lowest BCUT2D eigenvalue weighted by Crippen LogP contribution is -2.20. The van der Waals surface area contributed by atoms with Crippen molar-refractivity contribution in [3.63, 3.8) is 0 Å². The minimum absolute atomic E-state index is 0.452. The van der Waals surface area contributed by atoms with Crippen molar-refractivity contribution < 1.29 is 0 Å². The largest absolute Gasteiger partial charge is 0.314 e. The quantitative estimate of drug-likeness (QED) is 0.122. The van der Waals surface area contributed by atoms with Gasteiger partial charge in [-0.2, -0.15) is 0 Å². The zero-order valence-corrected chi connectivity index (χ0v) is 35.4. The van der Waals surface area contributed by atoms with Crippen LogP contribution in [0.3, 0.4) is 0 Å². The fourth-order valence-corrected chi connectivity index (χ4v) is 8.96. The van der Waals surface area contributed by atoms with Crippen molar-refractivity contribution in [2.45, 2.75) is 65.2 Å². The monoisotopic (exact) mass is 778 g/mol. The average molecular weight is 779 g/mol. The van der Waals surface area contributed by atoms with Crippen LogP contribution in [-0.4, -0.2) is 0 Å². The van der Waals surface area contributed by atoms with Crippen LogP contribution in [0.4, 0.5) is 22.7 Å². The zero-order chi connectivity index (χ0) is 41.0. The van der Waals surface area contributed by atoms with Gasteiger partial charge < -0.3 is 9.80 Å². The van der Waals surface area contributed by atoms with Gasteiger partial charge in [-0.1, -0.05) is 173 Å². The van der Waals surface area contributed by atoms with E-state index in [1.54, 1.807) is 0 Å². The van der Waals surface area contributed by atoms with E-state index in [0.29, 0.717) is 11.8 Å². The molecule has 0 bridgehead atoms. The van der Waals surface area contributed by atoms with Crippen LogP contribution in [0.2, 0.25) is 0 Å². The number of anilines is 4. The zero-order valence-electron chi connectivity index (χ0n) is 35.4. The maximum Gasteiger partial charge on any atom is 0.0543 e. The second kappa shape index (κ2) is 17.3. The van der Waals surface area contributed by atoms with Crippen molar-refractivity contribution in [2.24, 2.45) is 0 Å². The van der Waals surface area contributed by atoms with E-state index in [-0.39, 0.29) is 0 Å². The summed E-state index contributed by atoms with van der Waals surface area (Å²) in [6.45, 7) is 9.07. The Kier molecular flexibility index (Phi) is 11.2. The smallest absolute Gasteiger partial charge is 0.0543 e. The fraction of sp³-hybridized carbons (Fsp3) is 0.172. The van der Waals surface area contributed by atoms with Gasteiger partial charge in [0.15, 0.2) is 0 Å². The maximum atomic E-state index is 2.54. The van der Waals surface area contributed by atoms with E-state index in [1.807, 2.05) is 0 Å². The third-order valence-electron chi connectivity index (χ3n) is 12.2. The van der Waals surface area contributed by atoms with Gasteiger partial charge in [-0.05, 0) is 130 Å². The molecule has 60 heavy (non-hydrogen) atoms. The number of para-hydroxylation sites is 1. The van der Waals surface area contributed by atoms with Crippen molar-refractivity contribution >= 4 is 45.3 Å². The molecule has 9 rings (SSSR count).